The summed E-state index contributed by atoms with van der Waals surface area (Å²) < 4.78 is 4.91. The maximum absolute atomic E-state index is 11.9. The number of anilines is 1. The van der Waals surface area contributed by atoms with Gasteiger partial charge in [-0.15, -0.1) is 0 Å². The Hall–Kier alpha value is -2.08. The van der Waals surface area contributed by atoms with Crippen molar-refractivity contribution in [3.05, 3.63) is 28.7 Å². The van der Waals surface area contributed by atoms with Crippen LogP contribution in [0.1, 0.15) is 32.6 Å². The van der Waals surface area contributed by atoms with E-state index >= 15 is 0 Å². The number of nitrogens with two attached hydrogens (primary N) is 1. The van der Waals surface area contributed by atoms with Crippen LogP contribution in [0.15, 0.2) is 27.4 Å². The highest BCUT2D eigenvalue weighted by Crippen LogP contribution is 2.18. The maximum atomic E-state index is 11.9. The number of H-pyrrole nitrogens is 1. The van der Waals surface area contributed by atoms with E-state index in [9.17, 15) is 9.59 Å². The summed E-state index contributed by atoms with van der Waals surface area (Å²) in [7, 11) is 0. The monoisotopic (exact) mass is 291 g/mol. The first-order valence-electron chi connectivity index (χ1n) is 7.25. The molecule has 6 heteroatoms. The number of benzene rings is 1. The van der Waals surface area contributed by atoms with Crippen LogP contribution in [0, 0.1) is 5.92 Å². The molecule has 6 nitrogen and oxygen atoms in total. The van der Waals surface area contributed by atoms with Crippen LogP contribution >= 0.6 is 0 Å². The van der Waals surface area contributed by atoms with Gasteiger partial charge in [-0.2, -0.15) is 0 Å². The van der Waals surface area contributed by atoms with E-state index in [4.69, 9.17) is 10.2 Å². The molecule has 1 aromatic carbocycles. The van der Waals surface area contributed by atoms with Crippen molar-refractivity contribution in [1.82, 2.24) is 4.98 Å². The Kier molecular flexibility index (Phi) is 5.16. The number of aromatic amines is 1. The molecule has 1 atom stereocenters. The summed E-state index contributed by atoms with van der Waals surface area (Å²) in [5.41, 5.74) is 7.26. The standard InChI is InChI=1S/C15H21N3O3/c1-2-10(7-8-16)3-6-14(19)17-11-4-5-13-12(9-11)18-15(20)21-13/h4-5,9-10H,2-3,6-8,16H2,1H3,(H,17,19)(H,18,20). The zero-order valence-electron chi connectivity index (χ0n) is 12.1. The van der Waals surface area contributed by atoms with Crippen molar-refractivity contribution in [3.8, 4) is 0 Å². The Morgan fingerprint density at radius 2 is 2.24 bits per heavy atom. The van der Waals surface area contributed by atoms with E-state index < -0.39 is 5.76 Å². The minimum atomic E-state index is -0.499. The molecule has 4 N–H and O–H groups in total. The molecule has 2 aromatic rings. The van der Waals surface area contributed by atoms with Gasteiger partial charge >= 0.3 is 5.76 Å². The lowest BCUT2D eigenvalue weighted by Crippen LogP contribution is -2.15. The van der Waals surface area contributed by atoms with Gasteiger partial charge in [-0.25, -0.2) is 4.79 Å². The minimum Gasteiger partial charge on any atom is -0.408 e. The van der Waals surface area contributed by atoms with Crippen LogP contribution in [0.3, 0.4) is 0 Å². The summed E-state index contributed by atoms with van der Waals surface area (Å²) in [6.07, 6.45) is 3.29. The fourth-order valence-electron chi connectivity index (χ4n) is 2.38. The molecule has 0 radical (unpaired) electrons. The average molecular weight is 291 g/mol. The molecule has 2 rings (SSSR count). The molecule has 0 spiro atoms. The second-order valence-corrected chi connectivity index (χ2v) is 5.16. The van der Waals surface area contributed by atoms with Gasteiger partial charge in [-0.05, 0) is 43.5 Å². The third kappa shape index (κ3) is 4.19. The number of amides is 1. The summed E-state index contributed by atoms with van der Waals surface area (Å²) in [5.74, 6) is -0.0369. The Morgan fingerprint density at radius 1 is 1.43 bits per heavy atom. The first-order valence-corrected chi connectivity index (χ1v) is 7.25. The smallest absolute Gasteiger partial charge is 0.408 e. The first-order chi connectivity index (χ1) is 10.1. The van der Waals surface area contributed by atoms with Crippen LogP contribution in [0.25, 0.3) is 11.1 Å². The van der Waals surface area contributed by atoms with Crippen LogP contribution in [-0.2, 0) is 4.79 Å². The molecular weight excluding hydrogens is 270 g/mol. The van der Waals surface area contributed by atoms with E-state index in [0.717, 1.165) is 19.3 Å². The number of aromatic nitrogens is 1. The van der Waals surface area contributed by atoms with Crippen molar-refractivity contribution < 1.29 is 9.21 Å². The lowest BCUT2D eigenvalue weighted by atomic mass is 9.96. The van der Waals surface area contributed by atoms with E-state index in [1.807, 2.05) is 0 Å². The van der Waals surface area contributed by atoms with Crippen LogP contribution < -0.4 is 16.8 Å². The number of carbonyl (C=O) groups excluding carboxylic acids is 1. The van der Waals surface area contributed by atoms with Gasteiger partial charge in [0.1, 0.15) is 0 Å². The Balaban J connectivity index is 1.93. The van der Waals surface area contributed by atoms with Crippen LogP contribution in [0.5, 0.6) is 0 Å². The van der Waals surface area contributed by atoms with Crippen molar-refractivity contribution in [2.75, 3.05) is 11.9 Å². The van der Waals surface area contributed by atoms with E-state index in [1.54, 1.807) is 18.2 Å². The summed E-state index contributed by atoms with van der Waals surface area (Å²) in [6.45, 7) is 2.77. The van der Waals surface area contributed by atoms with Crippen LogP contribution in [0.2, 0.25) is 0 Å². The molecule has 1 unspecified atom stereocenters. The molecule has 114 valence electrons. The Labute approximate surface area is 122 Å². The number of nitrogens with one attached hydrogen (secondary N) is 2. The first kappa shape index (κ1) is 15.3. The van der Waals surface area contributed by atoms with Gasteiger partial charge in [0.2, 0.25) is 5.91 Å². The van der Waals surface area contributed by atoms with Crippen molar-refractivity contribution in [2.45, 2.75) is 32.6 Å². The second kappa shape index (κ2) is 7.08. The highest BCUT2D eigenvalue weighted by atomic mass is 16.4. The number of hydrogen-bond donors (Lipinski definition) is 3. The molecule has 21 heavy (non-hydrogen) atoms. The van der Waals surface area contributed by atoms with Gasteiger partial charge in [-0.1, -0.05) is 13.3 Å². The van der Waals surface area contributed by atoms with E-state index in [0.29, 0.717) is 35.7 Å². The van der Waals surface area contributed by atoms with Gasteiger partial charge in [0.05, 0.1) is 5.52 Å². The molecule has 0 saturated heterocycles. The summed E-state index contributed by atoms with van der Waals surface area (Å²) in [6, 6.07) is 5.07. The van der Waals surface area contributed by atoms with Crippen molar-refractivity contribution in [2.24, 2.45) is 11.7 Å². The third-order valence-electron chi connectivity index (χ3n) is 3.63. The lowest BCUT2D eigenvalue weighted by Gasteiger charge is -2.13. The predicted molar refractivity (Wildman–Crippen MR) is 82.2 cm³/mol. The number of fused-ring (bicyclic) bond motifs is 1. The number of carbonyl (C=O) groups is 1. The van der Waals surface area contributed by atoms with Crippen molar-refractivity contribution in [3.63, 3.8) is 0 Å². The zero-order chi connectivity index (χ0) is 15.2. The zero-order valence-corrected chi connectivity index (χ0v) is 12.1. The second-order valence-electron chi connectivity index (χ2n) is 5.16. The summed E-state index contributed by atoms with van der Waals surface area (Å²) in [4.78, 5) is 25.6. The molecule has 0 aliphatic heterocycles. The van der Waals surface area contributed by atoms with Crippen LogP contribution in [0.4, 0.5) is 5.69 Å². The number of oxazole rings is 1. The SMILES string of the molecule is CCC(CCN)CCC(=O)Nc1ccc2oc(=O)[nH]c2c1. The molecule has 0 saturated carbocycles. The average Bonchev–Trinajstić information content (AvgIpc) is 2.82. The molecule has 1 amide bonds. The van der Waals surface area contributed by atoms with Crippen LogP contribution in [-0.4, -0.2) is 17.4 Å². The lowest BCUT2D eigenvalue weighted by molar-refractivity contribution is -0.116. The Morgan fingerprint density at radius 3 is 2.95 bits per heavy atom. The third-order valence-corrected chi connectivity index (χ3v) is 3.63. The minimum absolute atomic E-state index is 0.0318. The van der Waals surface area contributed by atoms with Crippen molar-refractivity contribution in [1.29, 1.82) is 0 Å². The maximum Gasteiger partial charge on any atom is 0.417 e. The topological polar surface area (TPSA) is 101 Å². The quantitative estimate of drug-likeness (QED) is 0.728. The summed E-state index contributed by atoms with van der Waals surface area (Å²) in [5, 5.41) is 2.83. The van der Waals surface area contributed by atoms with E-state index in [1.165, 1.54) is 0 Å². The molecular formula is C15H21N3O3. The van der Waals surface area contributed by atoms with Gasteiger partial charge < -0.3 is 15.5 Å². The van der Waals surface area contributed by atoms with Gasteiger partial charge in [0.25, 0.3) is 0 Å². The molecule has 1 heterocycles. The van der Waals surface area contributed by atoms with E-state index in [2.05, 4.69) is 17.2 Å². The molecule has 0 bridgehead atoms. The highest BCUT2D eigenvalue weighted by molar-refractivity contribution is 5.92. The molecule has 1 aromatic heterocycles. The fourth-order valence-corrected chi connectivity index (χ4v) is 2.38. The number of hydrogen-bond acceptors (Lipinski definition) is 4. The molecule has 0 fully saturated rings. The molecule has 0 aliphatic carbocycles. The van der Waals surface area contributed by atoms with Gasteiger partial charge in [0, 0.05) is 12.1 Å². The highest BCUT2D eigenvalue weighted by Gasteiger charge is 2.10. The fraction of sp³-hybridized carbons (Fsp3) is 0.467. The summed E-state index contributed by atoms with van der Waals surface area (Å²) >= 11 is 0. The number of rotatable bonds is 7. The normalized spacial score (nSPS) is 12.5. The van der Waals surface area contributed by atoms with Gasteiger partial charge in [0.15, 0.2) is 5.58 Å². The van der Waals surface area contributed by atoms with Gasteiger partial charge in [-0.3, -0.25) is 9.78 Å². The predicted octanol–water partition coefficient (Wildman–Crippen LogP) is 2.21. The Bertz CT molecular complexity index is 659. The van der Waals surface area contributed by atoms with E-state index in [-0.39, 0.29) is 5.91 Å². The van der Waals surface area contributed by atoms with Crippen molar-refractivity contribution >= 4 is 22.7 Å². The largest absolute Gasteiger partial charge is 0.417 e. The molecule has 0 aliphatic rings.